The van der Waals surface area contributed by atoms with Crippen LogP contribution >= 0.6 is 0 Å². The second-order valence-corrected chi connectivity index (χ2v) is 5.44. The minimum Gasteiger partial charge on any atom is -0.355 e. The van der Waals surface area contributed by atoms with Gasteiger partial charge in [-0.1, -0.05) is 39.5 Å². The highest BCUT2D eigenvalue weighted by Crippen LogP contribution is 2.29. The predicted molar refractivity (Wildman–Crippen MR) is 71.9 cm³/mol. The second kappa shape index (κ2) is 8.51. The third-order valence-corrected chi connectivity index (χ3v) is 3.72. The molecule has 1 aliphatic carbocycles. The van der Waals surface area contributed by atoms with Gasteiger partial charge in [-0.15, -0.1) is 0 Å². The topological polar surface area (TPSA) is 41.1 Å². The molecule has 3 nitrogen and oxygen atoms in total. The van der Waals surface area contributed by atoms with Gasteiger partial charge in [0.15, 0.2) is 0 Å². The number of hydrogen-bond acceptors (Lipinski definition) is 2. The normalized spacial score (nSPS) is 24.6. The first-order valence-electron chi connectivity index (χ1n) is 7.19. The van der Waals surface area contributed by atoms with Crippen molar-refractivity contribution in [3.8, 4) is 0 Å². The fraction of sp³-hybridized carbons (Fsp3) is 0.929. The molecule has 0 heterocycles. The summed E-state index contributed by atoms with van der Waals surface area (Å²) in [6, 6.07) is 0. The molecule has 1 fully saturated rings. The van der Waals surface area contributed by atoms with Gasteiger partial charge in [0.1, 0.15) is 0 Å². The quantitative estimate of drug-likeness (QED) is 0.671. The summed E-state index contributed by atoms with van der Waals surface area (Å²) in [7, 11) is 0. The molecule has 0 radical (unpaired) electrons. The first-order chi connectivity index (χ1) is 8.22. The molecule has 0 aromatic heterocycles. The largest absolute Gasteiger partial charge is 0.355 e. The van der Waals surface area contributed by atoms with Crippen molar-refractivity contribution in [3.63, 3.8) is 0 Å². The number of carbonyl (C=O) groups is 1. The number of hydrogen-bond donors (Lipinski definition) is 2. The Balaban J connectivity index is 1.95. The first-order valence-corrected chi connectivity index (χ1v) is 7.19. The summed E-state index contributed by atoms with van der Waals surface area (Å²) in [4.78, 5) is 11.3. The zero-order valence-corrected chi connectivity index (χ0v) is 11.4. The molecule has 0 aliphatic heterocycles. The van der Waals surface area contributed by atoms with Crippen molar-refractivity contribution < 1.29 is 4.79 Å². The smallest absolute Gasteiger partial charge is 0.233 e. The maximum absolute atomic E-state index is 11.3. The molecule has 1 rings (SSSR count). The summed E-state index contributed by atoms with van der Waals surface area (Å²) in [5, 5.41) is 6.12. The summed E-state index contributed by atoms with van der Waals surface area (Å²) in [5.41, 5.74) is 0. The first kappa shape index (κ1) is 14.5. The van der Waals surface area contributed by atoms with Crippen LogP contribution in [0.25, 0.3) is 0 Å². The van der Waals surface area contributed by atoms with Crippen LogP contribution in [0.2, 0.25) is 0 Å². The van der Waals surface area contributed by atoms with E-state index in [9.17, 15) is 4.79 Å². The third-order valence-electron chi connectivity index (χ3n) is 3.72. The lowest BCUT2D eigenvalue weighted by molar-refractivity contribution is -0.120. The summed E-state index contributed by atoms with van der Waals surface area (Å²) in [6.45, 7) is 6.67. The van der Waals surface area contributed by atoms with E-state index in [4.69, 9.17) is 0 Å². The summed E-state index contributed by atoms with van der Waals surface area (Å²) in [5.74, 6) is 1.94. The van der Waals surface area contributed by atoms with Crippen molar-refractivity contribution in [3.05, 3.63) is 0 Å². The molecular weight excluding hydrogens is 212 g/mol. The van der Waals surface area contributed by atoms with Crippen molar-refractivity contribution in [2.24, 2.45) is 11.8 Å². The molecule has 1 amide bonds. The molecule has 0 unspecified atom stereocenters. The van der Waals surface area contributed by atoms with Crippen molar-refractivity contribution in [2.45, 2.75) is 52.4 Å². The molecule has 17 heavy (non-hydrogen) atoms. The molecule has 2 N–H and O–H groups in total. The van der Waals surface area contributed by atoms with Gasteiger partial charge in [0.05, 0.1) is 6.54 Å². The molecule has 0 bridgehead atoms. The summed E-state index contributed by atoms with van der Waals surface area (Å²) >= 11 is 0. The van der Waals surface area contributed by atoms with Crippen LogP contribution in [-0.2, 0) is 4.79 Å². The minimum atomic E-state index is 0.129. The van der Waals surface area contributed by atoms with E-state index in [1.54, 1.807) is 0 Å². The van der Waals surface area contributed by atoms with Gasteiger partial charge in [0, 0.05) is 6.54 Å². The highest BCUT2D eigenvalue weighted by molar-refractivity contribution is 5.77. The lowest BCUT2D eigenvalue weighted by Gasteiger charge is -2.26. The number of rotatable bonds is 7. The van der Waals surface area contributed by atoms with E-state index in [0.29, 0.717) is 6.54 Å². The Morgan fingerprint density at radius 1 is 1.18 bits per heavy atom. The third kappa shape index (κ3) is 6.67. The number of carbonyl (C=O) groups excluding carboxylic acids is 1. The highest BCUT2D eigenvalue weighted by Gasteiger charge is 2.17. The van der Waals surface area contributed by atoms with E-state index in [-0.39, 0.29) is 5.91 Å². The van der Waals surface area contributed by atoms with Gasteiger partial charge in [-0.25, -0.2) is 0 Å². The monoisotopic (exact) mass is 240 g/mol. The van der Waals surface area contributed by atoms with Gasteiger partial charge < -0.3 is 10.6 Å². The predicted octanol–water partition coefficient (Wildman–Crippen LogP) is 2.32. The molecule has 1 saturated carbocycles. The Morgan fingerprint density at radius 2 is 1.88 bits per heavy atom. The van der Waals surface area contributed by atoms with Crippen LogP contribution in [0.1, 0.15) is 52.4 Å². The van der Waals surface area contributed by atoms with Crippen molar-refractivity contribution in [1.82, 2.24) is 10.6 Å². The molecule has 3 heteroatoms. The molecular formula is C14H28N2O. The van der Waals surface area contributed by atoms with Gasteiger partial charge in [0.25, 0.3) is 0 Å². The molecule has 100 valence electrons. The highest BCUT2D eigenvalue weighted by atomic mass is 16.1. The molecule has 0 aromatic rings. The molecule has 1 aliphatic rings. The lowest BCUT2D eigenvalue weighted by atomic mass is 9.81. The van der Waals surface area contributed by atoms with E-state index in [1.807, 2.05) is 0 Å². The van der Waals surface area contributed by atoms with E-state index < -0.39 is 0 Å². The fourth-order valence-electron chi connectivity index (χ4n) is 2.45. The number of amides is 1. The van der Waals surface area contributed by atoms with Crippen molar-refractivity contribution in [1.29, 1.82) is 0 Å². The molecule has 0 aromatic carbocycles. The Labute approximate surface area is 106 Å². The van der Waals surface area contributed by atoms with E-state index in [0.717, 1.165) is 31.3 Å². The van der Waals surface area contributed by atoms with Gasteiger partial charge in [-0.3, -0.25) is 4.79 Å². The van der Waals surface area contributed by atoms with E-state index >= 15 is 0 Å². The van der Waals surface area contributed by atoms with Gasteiger partial charge in [-0.2, -0.15) is 0 Å². The van der Waals surface area contributed by atoms with Crippen LogP contribution in [0.15, 0.2) is 0 Å². The van der Waals surface area contributed by atoms with Crippen molar-refractivity contribution in [2.75, 3.05) is 19.6 Å². The van der Waals surface area contributed by atoms with Crippen LogP contribution < -0.4 is 10.6 Å². The Kier molecular flexibility index (Phi) is 7.25. The summed E-state index contributed by atoms with van der Waals surface area (Å²) < 4.78 is 0. The van der Waals surface area contributed by atoms with Gasteiger partial charge in [0.2, 0.25) is 5.91 Å². The van der Waals surface area contributed by atoms with Crippen LogP contribution in [0.4, 0.5) is 0 Å². The van der Waals surface area contributed by atoms with Crippen molar-refractivity contribution >= 4 is 5.91 Å². The fourth-order valence-corrected chi connectivity index (χ4v) is 2.45. The van der Waals surface area contributed by atoms with Crippen LogP contribution in [0.3, 0.4) is 0 Å². The second-order valence-electron chi connectivity index (χ2n) is 5.44. The van der Waals surface area contributed by atoms with E-state index in [1.165, 1.54) is 32.1 Å². The molecule has 0 atom stereocenters. The molecule has 0 saturated heterocycles. The molecule has 0 spiro atoms. The van der Waals surface area contributed by atoms with Crippen LogP contribution in [0, 0.1) is 11.8 Å². The zero-order valence-electron chi connectivity index (χ0n) is 11.4. The zero-order chi connectivity index (χ0) is 12.5. The van der Waals surface area contributed by atoms with Gasteiger partial charge >= 0.3 is 0 Å². The average Bonchev–Trinajstić information content (AvgIpc) is 2.34. The maximum Gasteiger partial charge on any atom is 0.233 e. The summed E-state index contributed by atoms with van der Waals surface area (Å²) in [6.07, 6.45) is 7.78. The minimum absolute atomic E-state index is 0.129. The average molecular weight is 240 g/mol. The van der Waals surface area contributed by atoms with E-state index in [2.05, 4.69) is 24.5 Å². The SMILES string of the molecule is CCCNC(=O)CNCCC1CCC(C)CC1. The van der Waals surface area contributed by atoms with Crippen LogP contribution in [0.5, 0.6) is 0 Å². The Bertz CT molecular complexity index is 210. The van der Waals surface area contributed by atoms with Crippen LogP contribution in [-0.4, -0.2) is 25.5 Å². The Morgan fingerprint density at radius 3 is 2.53 bits per heavy atom. The van der Waals surface area contributed by atoms with Gasteiger partial charge in [-0.05, 0) is 31.2 Å². The standard InChI is InChI=1S/C14H28N2O/c1-3-9-16-14(17)11-15-10-8-13-6-4-12(2)5-7-13/h12-13,15H,3-11H2,1-2H3,(H,16,17). The lowest BCUT2D eigenvalue weighted by Crippen LogP contribution is -2.35. The number of nitrogens with one attached hydrogen (secondary N) is 2. The maximum atomic E-state index is 11.3. The Hall–Kier alpha value is -0.570.